The summed E-state index contributed by atoms with van der Waals surface area (Å²) in [5.74, 6) is 1.17. The first kappa shape index (κ1) is 12.7. The van der Waals surface area contributed by atoms with Gasteiger partial charge in [0, 0.05) is 31.3 Å². The topological polar surface area (TPSA) is 97.3 Å². The maximum atomic E-state index is 9.51. The van der Waals surface area contributed by atoms with Crippen LogP contribution in [0.3, 0.4) is 0 Å². The number of aromatic nitrogens is 3. The highest BCUT2D eigenvalue weighted by Crippen LogP contribution is 2.27. The minimum absolute atomic E-state index is 0.00285. The van der Waals surface area contributed by atoms with Crippen LogP contribution in [0.4, 0.5) is 5.95 Å². The van der Waals surface area contributed by atoms with Crippen LogP contribution in [0, 0.1) is 0 Å². The van der Waals surface area contributed by atoms with Gasteiger partial charge in [-0.25, -0.2) is 0 Å². The molecule has 2 heterocycles. The molecule has 0 radical (unpaired) electrons. The molecule has 7 heteroatoms. The van der Waals surface area contributed by atoms with E-state index in [1.807, 2.05) is 0 Å². The molecule has 1 saturated heterocycles. The summed E-state index contributed by atoms with van der Waals surface area (Å²) >= 11 is 0. The van der Waals surface area contributed by atoms with Gasteiger partial charge < -0.3 is 20.4 Å². The highest BCUT2D eigenvalue weighted by Gasteiger charge is 2.15. The lowest BCUT2D eigenvalue weighted by atomic mass is 10.2. The van der Waals surface area contributed by atoms with Crippen molar-refractivity contribution in [2.75, 3.05) is 31.1 Å². The monoisotopic (exact) mass is 275 g/mol. The Labute approximate surface area is 116 Å². The van der Waals surface area contributed by atoms with Crippen LogP contribution in [0.1, 0.15) is 6.42 Å². The molecule has 2 aromatic rings. The minimum Gasteiger partial charge on any atom is -0.508 e. The summed E-state index contributed by atoms with van der Waals surface area (Å²) in [5.41, 5.74) is 0.606. The molecule has 0 saturated carbocycles. The number of nitrogens with one attached hydrogen (secondary N) is 2. The highest BCUT2D eigenvalue weighted by atomic mass is 16.3. The number of benzene rings is 1. The number of rotatable bonds is 2. The molecule has 0 spiro atoms. The van der Waals surface area contributed by atoms with Crippen LogP contribution in [0.25, 0.3) is 11.4 Å². The molecule has 106 valence electrons. The van der Waals surface area contributed by atoms with Gasteiger partial charge in [0.05, 0.1) is 0 Å². The Morgan fingerprint density at radius 2 is 1.85 bits per heavy atom. The predicted molar refractivity (Wildman–Crippen MR) is 74.8 cm³/mol. The molecule has 7 nitrogen and oxygen atoms in total. The molecule has 1 aromatic heterocycles. The second-order valence-corrected chi connectivity index (χ2v) is 4.81. The first-order chi connectivity index (χ1) is 9.72. The molecule has 1 aliphatic rings. The fourth-order valence-corrected chi connectivity index (χ4v) is 2.30. The number of nitrogens with zero attached hydrogens (tertiary/aromatic N) is 3. The van der Waals surface area contributed by atoms with Crippen molar-refractivity contribution in [3.05, 3.63) is 18.2 Å². The van der Waals surface area contributed by atoms with E-state index in [0.29, 0.717) is 17.3 Å². The molecule has 0 unspecified atom stereocenters. The van der Waals surface area contributed by atoms with Crippen LogP contribution in [0.5, 0.6) is 11.5 Å². The molecule has 0 aliphatic carbocycles. The van der Waals surface area contributed by atoms with E-state index < -0.39 is 0 Å². The van der Waals surface area contributed by atoms with Gasteiger partial charge in [-0.2, -0.15) is 4.98 Å². The summed E-state index contributed by atoms with van der Waals surface area (Å²) in [7, 11) is 0. The molecule has 4 N–H and O–H groups in total. The third kappa shape index (κ3) is 2.67. The van der Waals surface area contributed by atoms with Crippen LogP contribution in [-0.4, -0.2) is 51.6 Å². The van der Waals surface area contributed by atoms with Gasteiger partial charge in [0.15, 0.2) is 5.82 Å². The number of hydrogen-bond donors (Lipinski definition) is 4. The Morgan fingerprint density at radius 3 is 2.65 bits per heavy atom. The number of anilines is 1. The Balaban J connectivity index is 1.85. The lowest BCUT2D eigenvalue weighted by molar-refractivity contribution is 0.451. The predicted octanol–water partition coefficient (Wildman–Crippen LogP) is 0.683. The number of aromatic hydroxyl groups is 2. The van der Waals surface area contributed by atoms with Gasteiger partial charge >= 0.3 is 0 Å². The van der Waals surface area contributed by atoms with Crippen LogP contribution in [0.2, 0.25) is 0 Å². The van der Waals surface area contributed by atoms with E-state index in [4.69, 9.17) is 0 Å². The van der Waals surface area contributed by atoms with Gasteiger partial charge in [-0.05, 0) is 25.1 Å². The molecule has 0 atom stereocenters. The molecular formula is C13H17N5O2. The van der Waals surface area contributed by atoms with Crippen molar-refractivity contribution in [1.29, 1.82) is 0 Å². The van der Waals surface area contributed by atoms with E-state index in [9.17, 15) is 10.2 Å². The lowest BCUT2D eigenvalue weighted by Crippen LogP contribution is -2.28. The van der Waals surface area contributed by atoms with E-state index >= 15 is 0 Å². The van der Waals surface area contributed by atoms with Crippen molar-refractivity contribution < 1.29 is 10.2 Å². The number of hydrogen-bond acceptors (Lipinski definition) is 6. The standard InChI is InChI=1S/C13H17N5O2/c19-10-6-9(7-11(20)8-10)12-15-13(17-16-12)18-4-1-2-14-3-5-18/h6-8,14,19-20H,1-5H2,(H,15,16,17). The number of phenolic OH excluding ortho intramolecular Hbond substituents is 2. The third-order valence-electron chi connectivity index (χ3n) is 3.27. The first-order valence-electron chi connectivity index (χ1n) is 6.64. The molecule has 1 aromatic carbocycles. The summed E-state index contributed by atoms with van der Waals surface area (Å²) in [6.45, 7) is 3.70. The molecule has 3 rings (SSSR count). The van der Waals surface area contributed by atoms with E-state index in [1.54, 1.807) is 0 Å². The largest absolute Gasteiger partial charge is 0.508 e. The van der Waals surface area contributed by atoms with Crippen molar-refractivity contribution in [2.45, 2.75) is 6.42 Å². The fourth-order valence-electron chi connectivity index (χ4n) is 2.30. The van der Waals surface area contributed by atoms with Crippen molar-refractivity contribution in [1.82, 2.24) is 20.5 Å². The first-order valence-corrected chi connectivity index (χ1v) is 6.64. The summed E-state index contributed by atoms with van der Waals surface area (Å²) in [5, 5.41) is 29.4. The number of aromatic amines is 1. The average molecular weight is 275 g/mol. The summed E-state index contributed by atoms with van der Waals surface area (Å²) in [6, 6.07) is 4.35. The molecule has 0 bridgehead atoms. The quantitative estimate of drug-likeness (QED) is 0.643. The van der Waals surface area contributed by atoms with Crippen LogP contribution in [0.15, 0.2) is 18.2 Å². The van der Waals surface area contributed by atoms with Gasteiger partial charge in [0.1, 0.15) is 11.5 Å². The van der Waals surface area contributed by atoms with Crippen molar-refractivity contribution in [2.24, 2.45) is 0 Å². The fraction of sp³-hybridized carbons (Fsp3) is 0.385. The zero-order chi connectivity index (χ0) is 13.9. The number of H-pyrrole nitrogens is 1. The zero-order valence-corrected chi connectivity index (χ0v) is 11.0. The maximum absolute atomic E-state index is 9.51. The van der Waals surface area contributed by atoms with Gasteiger partial charge in [-0.3, -0.25) is 5.10 Å². The Kier molecular flexibility index (Phi) is 3.42. The Morgan fingerprint density at radius 1 is 1.05 bits per heavy atom. The van der Waals surface area contributed by atoms with Crippen molar-refractivity contribution in [3.63, 3.8) is 0 Å². The third-order valence-corrected chi connectivity index (χ3v) is 3.27. The summed E-state index contributed by atoms with van der Waals surface area (Å²) in [6.07, 6.45) is 1.05. The van der Waals surface area contributed by atoms with Gasteiger partial charge in [0.25, 0.3) is 0 Å². The van der Waals surface area contributed by atoms with Crippen LogP contribution >= 0.6 is 0 Å². The Hall–Kier alpha value is -2.28. The number of phenols is 2. The summed E-state index contributed by atoms with van der Waals surface area (Å²) < 4.78 is 0. The molecular weight excluding hydrogens is 258 g/mol. The summed E-state index contributed by atoms with van der Waals surface area (Å²) in [4.78, 5) is 6.55. The Bertz CT molecular complexity index is 570. The minimum atomic E-state index is -0.00285. The van der Waals surface area contributed by atoms with E-state index in [1.165, 1.54) is 18.2 Å². The average Bonchev–Trinajstić information content (AvgIpc) is 2.74. The second-order valence-electron chi connectivity index (χ2n) is 4.81. The second kappa shape index (κ2) is 5.38. The van der Waals surface area contributed by atoms with E-state index in [-0.39, 0.29) is 11.5 Å². The molecule has 1 aliphatic heterocycles. The van der Waals surface area contributed by atoms with E-state index in [2.05, 4.69) is 25.4 Å². The van der Waals surface area contributed by atoms with Crippen molar-refractivity contribution >= 4 is 5.95 Å². The van der Waals surface area contributed by atoms with E-state index in [0.717, 1.165) is 32.6 Å². The van der Waals surface area contributed by atoms with Crippen molar-refractivity contribution in [3.8, 4) is 22.9 Å². The van der Waals surface area contributed by atoms with Gasteiger partial charge in [-0.1, -0.05) is 0 Å². The highest BCUT2D eigenvalue weighted by molar-refractivity contribution is 5.61. The van der Waals surface area contributed by atoms with Crippen LogP contribution < -0.4 is 10.2 Å². The molecule has 0 amide bonds. The molecule has 20 heavy (non-hydrogen) atoms. The SMILES string of the molecule is Oc1cc(O)cc(-c2nc(N3CCCNCC3)n[nH]2)c1. The van der Waals surface area contributed by atoms with Gasteiger partial charge in [-0.15, -0.1) is 5.10 Å². The zero-order valence-electron chi connectivity index (χ0n) is 11.0. The van der Waals surface area contributed by atoms with Crippen LogP contribution in [-0.2, 0) is 0 Å². The lowest BCUT2D eigenvalue weighted by Gasteiger charge is -2.16. The maximum Gasteiger partial charge on any atom is 0.245 e. The molecule has 1 fully saturated rings. The normalized spacial score (nSPS) is 16.1. The smallest absolute Gasteiger partial charge is 0.245 e. The van der Waals surface area contributed by atoms with Gasteiger partial charge in [0.2, 0.25) is 5.95 Å².